The van der Waals surface area contributed by atoms with E-state index in [1.54, 1.807) is 13.3 Å². The van der Waals surface area contributed by atoms with Crippen LogP contribution in [0.2, 0.25) is 0 Å². The van der Waals surface area contributed by atoms with Crippen LogP contribution in [0.3, 0.4) is 0 Å². The first-order valence-electron chi connectivity index (χ1n) is 4.36. The van der Waals surface area contributed by atoms with Gasteiger partial charge in [0.25, 0.3) is 0 Å². The predicted molar refractivity (Wildman–Crippen MR) is 50.7 cm³/mol. The SMILES string of the molecule is COc1cccnc1C[C@@H](C)CO. The van der Waals surface area contributed by atoms with E-state index in [1.165, 1.54) is 0 Å². The lowest BCUT2D eigenvalue weighted by Gasteiger charge is -2.10. The highest BCUT2D eigenvalue weighted by atomic mass is 16.5. The van der Waals surface area contributed by atoms with Crippen molar-refractivity contribution < 1.29 is 9.84 Å². The van der Waals surface area contributed by atoms with Crippen molar-refractivity contribution in [2.24, 2.45) is 5.92 Å². The standard InChI is InChI=1S/C10H15NO2/c1-8(7-12)6-9-10(13-2)4-3-5-11-9/h3-5,8,12H,6-7H2,1-2H3/t8-/m1/s1. The van der Waals surface area contributed by atoms with Gasteiger partial charge in [-0.1, -0.05) is 6.92 Å². The smallest absolute Gasteiger partial charge is 0.140 e. The number of aromatic nitrogens is 1. The number of methoxy groups -OCH3 is 1. The molecule has 0 spiro atoms. The van der Waals surface area contributed by atoms with Crippen molar-refractivity contribution in [3.63, 3.8) is 0 Å². The zero-order valence-electron chi connectivity index (χ0n) is 8.03. The van der Waals surface area contributed by atoms with Gasteiger partial charge in [-0.2, -0.15) is 0 Å². The second kappa shape index (κ2) is 4.82. The minimum absolute atomic E-state index is 0.180. The summed E-state index contributed by atoms with van der Waals surface area (Å²) < 4.78 is 5.15. The van der Waals surface area contributed by atoms with Crippen LogP contribution in [0.15, 0.2) is 18.3 Å². The molecule has 1 aromatic rings. The number of hydrogen-bond donors (Lipinski definition) is 1. The Bertz CT molecular complexity index is 263. The molecular weight excluding hydrogens is 166 g/mol. The van der Waals surface area contributed by atoms with Crippen molar-refractivity contribution in [2.45, 2.75) is 13.3 Å². The molecule has 0 radical (unpaired) electrons. The number of hydrogen-bond acceptors (Lipinski definition) is 3. The molecule has 1 aromatic heterocycles. The van der Waals surface area contributed by atoms with Crippen LogP contribution in [0, 0.1) is 5.92 Å². The molecule has 0 saturated heterocycles. The van der Waals surface area contributed by atoms with Crippen molar-refractivity contribution in [1.29, 1.82) is 0 Å². The number of rotatable bonds is 4. The summed E-state index contributed by atoms with van der Waals surface area (Å²) in [6.45, 7) is 2.16. The van der Waals surface area contributed by atoms with Gasteiger partial charge in [0.1, 0.15) is 5.75 Å². The molecule has 0 aliphatic heterocycles. The predicted octanol–water partition coefficient (Wildman–Crippen LogP) is 1.26. The van der Waals surface area contributed by atoms with Gasteiger partial charge in [-0.15, -0.1) is 0 Å². The van der Waals surface area contributed by atoms with Crippen LogP contribution < -0.4 is 4.74 Å². The van der Waals surface area contributed by atoms with E-state index < -0.39 is 0 Å². The van der Waals surface area contributed by atoms with Crippen LogP contribution in [0.25, 0.3) is 0 Å². The summed E-state index contributed by atoms with van der Waals surface area (Å²) in [5.41, 5.74) is 0.909. The summed E-state index contributed by atoms with van der Waals surface area (Å²) >= 11 is 0. The largest absolute Gasteiger partial charge is 0.495 e. The van der Waals surface area contributed by atoms with Gasteiger partial charge in [-0.3, -0.25) is 4.98 Å². The van der Waals surface area contributed by atoms with Crippen LogP contribution in [0.1, 0.15) is 12.6 Å². The van der Waals surface area contributed by atoms with Crippen molar-refractivity contribution in [1.82, 2.24) is 4.98 Å². The normalized spacial score (nSPS) is 12.5. The Labute approximate surface area is 78.4 Å². The van der Waals surface area contributed by atoms with Gasteiger partial charge < -0.3 is 9.84 Å². The highest BCUT2D eigenvalue weighted by molar-refractivity contribution is 5.26. The number of pyridine rings is 1. The lowest BCUT2D eigenvalue weighted by molar-refractivity contribution is 0.235. The summed E-state index contributed by atoms with van der Waals surface area (Å²) in [6, 6.07) is 3.72. The molecule has 1 atom stereocenters. The minimum atomic E-state index is 0.180. The van der Waals surface area contributed by atoms with Gasteiger partial charge in [-0.25, -0.2) is 0 Å². The molecule has 0 aliphatic carbocycles. The first kappa shape index (κ1) is 9.99. The van der Waals surface area contributed by atoms with E-state index in [1.807, 2.05) is 19.1 Å². The van der Waals surface area contributed by atoms with Crippen molar-refractivity contribution in [2.75, 3.05) is 13.7 Å². The Morgan fingerprint density at radius 2 is 2.38 bits per heavy atom. The van der Waals surface area contributed by atoms with Gasteiger partial charge in [0.2, 0.25) is 0 Å². The summed E-state index contributed by atoms with van der Waals surface area (Å²) in [7, 11) is 1.63. The third-order valence-corrected chi connectivity index (χ3v) is 1.92. The first-order valence-corrected chi connectivity index (χ1v) is 4.36. The molecule has 0 aromatic carbocycles. The van der Waals surface area contributed by atoms with Crippen LogP contribution in [-0.4, -0.2) is 23.8 Å². The molecule has 13 heavy (non-hydrogen) atoms. The Morgan fingerprint density at radius 1 is 1.62 bits per heavy atom. The molecule has 0 unspecified atom stereocenters. The molecule has 0 aliphatic rings. The van der Waals surface area contributed by atoms with Crippen LogP contribution >= 0.6 is 0 Å². The average molecular weight is 181 g/mol. The monoisotopic (exact) mass is 181 g/mol. The lowest BCUT2D eigenvalue weighted by Crippen LogP contribution is -2.07. The summed E-state index contributed by atoms with van der Waals surface area (Å²) in [5, 5.41) is 8.89. The third-order valence-electron chi connectivity index (χ3n) is 1.92. The number of nitrogens with zero attached hydrogens (tertiary/aromatic N) is 1. The molecule has 0 bridgehead atoms. The van der Waals surface area contributed by atoms with Crippen LogP contribution in [0.4, 0.5) is 0 Å². The second-order valence-electron chi connectivity index (χ2n) is 3.14. The van der Waals surface area contributed by atoms with Crippen molar-refractivity contribution in [3.8, 4) is 5.75 Å². The molecule has 72 valence electrons. The van der Waals surface area contributed by atoms with Gasteiger partial charge in [0.05, 0.1) is 12.8 Å². The van der Waals surface area contributed by atoms with Gasteiger partial charge in [0, 0.05) is 12.8 Å². The van der Waals surface area contributed by atoms with Gasteiger partial charge in [-0.05, 0) is 24.5 Å². The minimum Gasteiger partial charge on any atom is -0.495 e. The molecule has 1 heterocycles. The fourth-order valence-electron chi connectivity index (χ4n) is 1.16. The topological polar surface area (TPSA) is 42.4 Å². The Kier molecular flexibility index (Phi) is 3.71. The molecule has 3 heteroatoms. The molecule has 3 nitrogen and oxygen atoms in total. The quantitative estimate of drug-likeness (QED) is 0.760. The second-order valence-corrected chi connectivity index (χ2v) is 3.14. The van der Waals surface area contributed by atoms with Crippen molar-refractivity contribution >= 4 is 0 Å². The third kappa shape index (κ3) is 2.70. The van der Waals surface area contributed by atoms with Gasteiger partial charge in [0.15, 0.2) is 0 Å². The summed E-state index contributed by atoms with van der Waals surface area (Å²) in [5.74, 6) is 1.02. The summed E-state index contributed by atoms with van der Waals surface area (Å²) in [4.78, 5) is 4.20. The van der Waals surface area contributed by atoms with E-state index in [9.17, 15) is 0 Å². The van der Waals surface area contributed by atoms with E-state index in [-0.39, 0.29) is 12.5 Å². The van der Waals surface area contributed by atoms with E-state index >= 15 is 0 Å². The highest BCUT2D eigenvalue weighted by Crippen LogP contribution is 2.17. The molecule has 0 saturated carbocycles. The Hall–Kier alpha value is -1.09. The zero-order chi connectivity index (χ0) is 9.68. The molecule has 1 N–H and O–H groups in total. The maximum absolute atomic E-state index is 8.89. The molecular formula is C10H15NO2. The molecule has 0 amide bonds. The van der Waals surface area contributed by atoms with Gasteiger partial charge >= 0.3 is 0 Å². The number of aliphatic hydroxyl groups is 1. The maximum atomic E-state index is 8.89. The first-order chi connectivity index (χ1) is 6.27. The Balaban J connectivity index is 2.74. The molecule has 1 rings (SSSR count). The van der Waals surface area contributed by atoms with E-state index in [0.29, 0.717) is 0 Å². The van der Waals surface area contributed by atoms with E-state index in [0.717, 1.165) is 17.9 Å². The van der Waals surface area contributed by atoms with E-state index in [2.05, 4.69) is 4.98 Å². The zero-order valence-corrected chi connectivity index (χ0v) is 8.03. The fraction of sp³-hybridized carbons (Fsp3) is 0.500. The van der Waals surface area contributed by atoms with Crippen LogP contribution in [0.5, 0.6) is 5.75 Å². The maximum Gasteiger partial charge on any atom is 0.140 e. The molecule has 0 fully saturated rings. The lowest BCUT2D eigenvalue weighted by atomic mass is 10.1. The Morgan fingerprint density at radius 3 is 3.00 bits per heavy atom. The van der Waals surface area contributed by atoms with Crippen molar-refractivity contribution in [3.05, 3.63) is 24.0 Å². The van der Waals surface area contributed by atoms with Crippen LogP contribution in [-0.2, 0) is 6.42 Å². The fourth-order valence-corrected chi connectivity index (χ4v) is 1.16. The number of aliphatic hydroxyl groups excluding tert-OH is 1. The summed E-state index contributed by atoms with van der Waals surface area (Å²) in [6.07, 6.45) is 2.49. The van der Waals surface area contributed by atoms with E-state index in [4.69, 9.17) is 9.84 Å². The number of ether oxygens (including phenoxy) is 1. The highest BCUT2D eigenvalue weighted by Gasteiger charge is 2.07. The average Bonchev–Trinajstić information content (AvgIpc) is 2.18.